The number of ether oxygens (including phenoxy) is 2. The number of anilines is 1. The Hall–Kier alpha value is -1.66. The van der Waals surface area contributed by atoms with E-state index in [2.05, 4.69) is 9.88 Å². The Kier molecular flexibility index (Phi) is 4.41. The van der Waals surface area contributed by atoms with Gasteiger partial charge in [0.2, 0.25) is 0 Å². The molecule has 0 radical (unpaired) electrons. The first-order valence-electron chi connectivity index (χ1n) is 9.04. The molecule has 1 amide bonds. The minimum absolute atomic E-state index is 0.0625. The molecule has 6 heteroatoms. The average Bonchev–Trinajstić information content (AvgIpc) is 3.10. The lowest BCUT2D eigenvalue weighted by Gasteiger charge is -2.38. The van der Waals surface area contributed by atoms with Crippen LogP contribution in [0.15, 0.2) is 18.3 Å². The first-order chi connectivity index (χ1) is 11.8. The standard InChI is InChI=1S/C18H25N3O3/c22-17(21-8-2-1-3-9-21)16-14-15(4-7-19-16)20-10-5-18(6-11-20)23-12-13-24-18/h4,7,14H,1-3,5-6,8-13H2. The summed E-state index contributed by atoms with van der Waals surface area (Å²) in [6.45, 7) is 4.85. The van der Waals surface area contributed by atoms with E-state index in [4.69, 9.17) is 9.47 Å². The average molecular weight is 331 g/mol. The number of pyridine rings is 1. The number of amides is 1. The van der Waals surface area contributed by atoms with Crippen LogP contribution in [0.1, 0.15) is 42.6 Å². The highest BCUT2D eigenvalue weighted by molar-refractivity contribution is 5.93. The molecule has 3 aliphatic heterocycles. The van der Waals surface area contributed by atoms with Gasteiger partial charge in [0.15, 0.2) is 5.79 Å². The second kappa shape index (κ2) is 6.69. The lowest BCUT2D eigenvalue weighted by atomic mass is 10.0. The van der Waals surface area contributed by atoms with Crippen LogP contribution in [0, 0.1) is 0 Å². The van der Waals surface area contributed by atoms with Crippen LogP contribution in [-0.2, 0) is 9.47 Å². The molecule has 6 nitrogen and oxygen atoms in total. The Labute approximate surface area is 142 Å². The van der Waals surface area contributed by atoms with Gasteiger partial charge in [0.1, 0.15) is 5.69 Å². The molecule has 4 rings (SSSR count). The van der Waals surface area contributed by atoms with E-state index in [1.165, 1.54) is 6.42 Å². The summed E-state index contributed by atoms with van der Waals surface area (Å²) >= 11 is 0. The summed E-state index contributed by atoms with van der Waals surface area (Å²) in [6.07, 6.45) is 6.89. The van der Waals surface area contributed by atoms with Crippen molar-refractivity contribution in [3.05, 3.63) is 24.0 Å². The van der Waals surface area contributed by atoms with Crippen molar-refractivity contribution in [1.29, 1.82) is 0 Å². The van der Waals surface area contributed by atoms with Crippen molar-refractivity contribution in [2.24, 2.45) is 0 Å². The van der Waals surface area contributed by atoms with Crippen LogP contribution in [0.2, 0.25) is 0 Å². The molecule has 0 aliphatic carbocycles. The zero-order valence-electron chi connectivity index (χ0n) is 14.1. The van der Waals surface area contributed by atoms with Crippen LogP contribution >= 0.6 is 0 Å². The Morgan fingerprint density at radius 3 is 2.46 bits per heavy atom. The minimum Gasteiger partial charge on any atom is -0.371 e. The summed E-state index contributed by atoms with van der Waals surface area (Å²) in [5.74, 6) is -0.303. The summed E-state index contributed by atoms with van der Waals surface area (Å²) in [4.78, 5) is 21.2. The monoisotopic (exact) mass is 331 g/mol. The molecule has 0 bridgehead atoms. The minimum atomic E-state index is -0.365. The van der Waals surface area contributed by atoms with Gasteiger partial charge in [0, 0.05) is 50.9 Å². The van der Waals surface area contributed by atoms with Gasteiger partial charge in [-0.05, 0) is 31.4 Å². The van der Waals surface area contributed by atoms with Gasteiger partial charge in [0.05, 0.1) is 13.2 Å². The van der Waals surface area contributed by atoms with E-state index in [0.29, 0.717) is 18.9 Å². The quantitative estimate of drug-likeness (QED) is 0.830. The third-order valence-electron chi connectivity index (χ3n) is 5.31. The molecular weight excluding hydrogens is 306 g/mol. The molecule has 130 valence electrons. The SMILES string of the molecule is O=C(c1cc(N2CCC3(CC2)OCCO3)ccn1)N1CCCCC1. The first-order valence-corrected chi connectivity index (χ1v) is 9.04. The Morgan fingerprint density at radius 1 is 1.04 bits per heavy atom. The molecule has 3 fully saturated rings. The van der Waals surface area contributed by atoms with Crippen LogP contribution in [-0.4, -0.2) is 61.0 Å². The first kappa shape index (κ1) is 15.8. The molecule has 3 saturated heterocycles. The van der Waals surface area contributed by atoms with Crippen LogP contribution < -0.4 is 4.90 Å². The van der Waals surface area contributed by atoms with Crippen molar-refractivity contribution in [3.63, 3.8) is 0 Å². The number of hydrogen-bond donors (Lipinski definition) is 0. The second-order valence-electron chi connectivity index (χ2n) is 6.85. The molecule has 0 unspecified atom stereocenters. The fourth-order valence-electron chi connectivity index (χ4n) is 3.88. The number of rotatable bonds is 2. The molecule has 24 heavy (non-hydrogen) atoms. The normalized spacial score (nSPS) is 23.7. The molecule has 0 aromatic carbocycles. The number of carbonyl (C=O) groups excluding carboxylic acids is 1. The number of hydrogen-bond acceptors (Lipinski definition) is 5. The predicted molar refractivity (Wildman–Crippen MR) is 90.1 cm³/mol. The topological polar surface area (TPSA) is 54.9 Å². The van der Waals surface area contributed by atoms with Crippen LogP contribution in [0.5, 0.6) is 0 Å². The van der Waals surface area contributed by atoms with Crippen molar-refractivity contribution < 1.29 is 14.3 Å². The Balaban J connectivity index is 1.44. The number of piperidine rings is 2. The number of nitrogens with zero attached hydrogens (tertiary/aromatic N) is 3. The fraction of sp³-hybridized carbons (Fsp3) is 0.667. The zero-order chi connectivity index (χ0) is 16.4. The smallest absolute Gasteiger partial charge is 0.272 e. The summed E-state index contributed by atoms with van der Waals surface area (Å²) < 4.78 is 11.6. The zero-order valence-corrected chi connectivity index (χ0v) is 14.1. The third kappa shape index (κ3) is 3.13. The fourth-order valence-corrected chi connectivity index (χ4v) is 3.88. The summed E-state index contributed by atoms with van der Waals surface area (Å²) in [6, 6.07) is 3.92. The summed E-state index contributed by atoms with van der Waals surface area (Å²) in [5.41, 5.74) is 1.63. The lowest BCUT2D eigenvalue weighted by molar-refractivity contribution is -0.169. The van der Waals surface area contributed by atoms with Crippen molar-refractivity contribution in [1.82, 2.24) is 9.88 Å². The molecule has 0 atom stereocenters. The van der Waals surface area contributed by atoms with E-state index >= 15 is 0 Å². The van der Waals surface area contributed by atoms with Gasteiger partial charge < -0.3 is 19.3 Å². The van der Waals surface area contributed by atoms with E-state index < -0.39 is 0 Å². The van der Waals surface area contributed by atoms with E-state index in [0.717, 1.165) is 57.5 Å². The highest BCUT2D eigenvalue weighted by Crippen LogP contribution is 2.33. The molecule has 0 saturated carbocycles. The largest absolute Gasteiger partial charge is 0.371 e. The van der Waals surface area contributed by atoms with Crippen LogP contribution in [0.3, 0.4) is 0 Å². The van der Waals surface area contributed by atoms with Crippen molar-refractivity contribution in [2.75, 3.05) is 44.3 Å². The summed E-state index contributed by atoms with van der Waals surface area (Å²) in [5, 5.41) is 0. The van der Waals surface area contributed by atoms with Gasteiger partial charge in [-0.15, -0.1) is 0 Å². The lowest BCUT2D eigenvalue weighted by Crippen LogP contribution is -2.45. The third-order valence-corrected chi connectivity index (χ3v) is 5.31. The van der Waals surface area contributed by atoms with Crippen molar-refractivity contribution in [3.8, 4) is 0 Å². The van der Waals surface area contributed by atoms with Crippen molar-refractivity contribution in [2.45, 2.75) is 37.9 Å². The predicted octanol–water partition coefficient (Wildman–Crippen LogP) is 2.05. The van der Waals surface area contributed by atoms with E-state index in [1.54, 1.807) is 6.20 Å². The maximum absolute atomic E-state index is 12.6. The highest BCUT2D eigenvalue weighted by Gasteiger charge is 2.39. The Morgan fingerprint density at radius 2 is 1.75 bits per heavy atom. The summed E-state index contributed by atoms with van der Waals surface area (Å²) in [7, 11) is 0. The molecule has 1 aromatic rings. The van der Waals surface area contributed by atoms with Gasteiger partial charge in [-0.1, -0.05) is 0 Å². The second-order valence-corrected chi connectivity index (χ2v) is 6.85. The van der Waals surface area contributed by atoms with Gasteiger partial charge in [-0.25, -0.2) is 0 Å². The van der Waals surface area contributed by atoms with Crippen LogP contribution in [0.4, 0.5) is 5.69 Å². The Bertz CT molecular complexity index is 585. The van der Waals surface area contributed by atoms with Gasteiger partial charge in [-0.2, -0.15) is 0 Å². The molecule has 1 spiro atoms. The molecule has 3 aliphatic rings. The van der Waals surface area contributed by atoms with Gasteiger partial charge in [-0.3, -0.25) is 9.78 Å². The number of likely N-dealkylation sites (tertiary alicyclic amines) is 1. The van der Waals surface area contributed by atoms with Gasteiger partial charge >= 0.3 is 0 Å². The molecule has 1 aromatic heterocycles. The molecular formula is C18H25N3O3. The molecule has 0 N–H and O–H groups in total. The van der Waals surface area contributed by atoms with E-state index in [-0.39, 0.29) is 11.7 Å². The van der Waals surface area contributed by atoms with Gasteiger partial charge in [0.25, 0.3) is 5.91 Å². The van der Waals surface area contributed by atoms with E-state index in [1.807, 2.05) is 17.0 Å². The maximum Gasteiger partial charge on any atom is 0.272 e. The molecule has 4 heterocycles. The number of carbonyl (C=O) groups is 1. The van der Waals surface area contributed by atoms with Crippen molar-refractivity contribution >= 4 is 11.6 Å². The maximum atomic E-state index is 12.6. The van der Waals surface area contributed by atoms with Crippen LogP contribution in [0.25, 0.3) is 0 Å². The number of aromatic nitrogens is 1. The van der Waals surface area contributed by atoms with E-state index in [9.17, 15) is 4.79 Å². The highest BCUT2D eigenvalue weighted by atomic mass is 16.7.